The second-order valence-electron chi connectivity index (χ2n) is 4.88. The molecular formula is C13H17BrN2O2. The minimum atomic E-state index is -1.07. The zero-order valence-electron chi connectivity index (χ0n) is 10.2. The van der Waals surface area contributed by atoms with Crippen LogP contribution < -0.4 is 10.6 Å². The first-order chi connectivity index (χ1) is 8.47. The van der Waals surface area contributed by atoms with E-state index in [0.29, 0.717) is 6.04 Å². The Bertz CT molecular complexity index is 427. The molecule has 18 heavy (non-hydrogen) atoms. The van der Waals surface area contributed by atoms with E-state index in [1.165, 1.54) is 0 Å². The van der Waals surface area contributed by atoms with Crippen molar-refractivity contribution in [3.63, 3.8) is 0 Å². The lowest BCUT2D eigenvalue weighted by Gasteiger charge is -2.24. The third-order valence-electron chi connectivity index (χ3n) is 2.97. The summed E-state index contributed by atoms with van der Waals surface area (Å²) in [4.78, 5) is 11.5. The van der Waals surface area contributed by atoms with Crippen molar-refractivity contribution in [1.29, 1.82) is 0 Å². The summed E-state index contributed by atoms with van der Waals surface area (Å²) < 4.78 is 0.960. The summed E-state index contributed by atoms with van der Waals surface area (Å²) in [7, 11) is 0. The molecule has 1 aliphatic carbocycles. The molecule has 0 heterocycles. The molecule has 1 unspecified atom stereocenters. The maximum Gasteiger partial charge on any atom is 0.315 e. The third kappa shape index (κ3) is 3.71. The van der Waals surface area contributed by atoms with Crippen LogP contribution in [0.4, 0.5) is 4.79 Å². The van der Waals surface area contributed by atoms with Crippen LogP contribution in [0.3, 0.4) is 0 Å². The van der Waals surface area contributed by atoms with Crippen LogP contribution in [0, 0.1) is 0 Å². The Morgan fingerprint density at radius 1 is 1.44 bits per heavy atom. The molecule has 2 rings (SSSR count). The van der Waals surface area contributed by atoms with Gasteiger partial charge in [-0.25, -0.2) is 4.79 Å². The number of hydrogen-bond acceptors (Lipinski definition) is 2. The Morgan fingerprint density at radius 3 is 2.61 bits per heavy atom. The number of aliphatic hydroxyl groups is 1. The van der Waals surface area contributed by atoms with E-state index in [1.807, 2.05) is 24.3 Å². The Balaban J connectivity index is 1.89. The molecule has 4 nitrogen and oxygen atoms in total. The maximum absolute atomic E-state index is 11.5. The molecule has 2 amide bonds. The van der Waals surface area contributed by atoms with Crippen molar-refractivity contribution in [3.8, 4) is 0 Å². The fraction of sp³-hybridized carbons (Fsp3) is 0.462. The van der Waals surface area contributed by atoms with Crippen molar-refractivity contribution in [1.82, 2.24) is 10.6 Å². The van der Waals surface area contributed by atoms with Crippen molar-refractivity contribution < 1.29 is 9.90 Å². The number of hydrogen-bond donors (Lipinski definition) is 3. The lowest BCUT2D eigenvalue weighted by Crippen LogP contribution is -2.44. The highest BCUT2D eigenvalue weighted by atomic mass is 79.9. The van der Waals surface area contributed by atoms with Gasteiger partial charge in [0.05, 0.1) is 6.54 Å². The molecule has 0 radical (unpaired) electrons. The predicted octanol–water partition coefficient (Wildman–Crippen LogP) is 2.12. The summed E-state index contributed by atoms with van der Waals surface area (Å²) in [5, 5.41) is 15.8. The Morgan fingerprint density at radius 2 is 2.06 bits per heavy atom. The zero-order chi connectivity index (χ0) is 13.2. The quantitative estimate of drug-likeness (QED) is 0.797. The first-order valence-corrected chi connectivity index (χ1v) is 6.79. The van der Waals surface area contributed by atoms with Crippen LogP contribution in [-0.2, 0) is 5.60 Å². The SMILES string of the molecule is CC(O)(CNC(=O)NC1CC1)c1ccc(Br)cc1. The standard InChI is InChI=1S/C13H17BrN2O2/c1-13(18,9-2-4-10(14)5-3-9)8-15-12(17)16-11-6-7-11/h2-5,11,18H,6-8H2,1H3,(H2,15,16,17). The molecule has 3 N–H and O–H groups in total. The van der Waals surface area contributed by atoms with Crippen molar-refractivity contribution in [2.75, 3.05) is 6.54 Å². The van der Waals surface area contributed by atoms with E-state index < -0.39 is 5.60 Å². The van der Waals surface area contributed by atoms with Gasteiger partial charge in [0.15, 0.2) is 0 Å². The van der Waals surface area contributed by atoms with E-state index >= 15 is 0 Å². The summed E-state index contributed by atoms with van der Waals surface area (Å²) >= 11 is 3.35. The van der Waals surface area contributed by atoms with Crippen LogP contribution in [0.25, 0.3) is 0 Å². The zero-order valence-corrected chi connectivity index (χ0v) is 11.8. The number of halogens is 1. The fourth-order valence-electron chi connectivity index (χ4n) is 1.63. The molecule has 98 valence electrons. The average Bonchev–Trinajstić information content (AvgIpc) is 3.11. The summed E-state index contributed by atoms with van der Waals surface area (Å²) in [6.45, 7) is 1.88. The molecule has 0 aromatic heterocycles. The number of carbonyl (C=O) groups is 1. The number of nitrogens with one attached hydrogen (secondary N) is 2. The second kappa shape index (κ2) is 5.28. The van der Waals surface area contributed by atoms with Crippen molar-refractivity contribution in [2.45, 2.75) is 31.4 Å². The van der Waals surface area contributed by atoms with Crippen LogP contribution >= 0.6 is 15.9 Å². The highest BCUT2D eigenvalue weighted by Crippen LogP contribution is 2.22. The minimum absolute atomic E-state index is 0.188. The van der Waals surface area contributed by atoms with Gasteiger partial charge in [-0.3, -0.25) is 0 Å². The largest absolute Gasteiger partial charge is 0.384 e. The highest BCUT2D eigenvalue weighted by Gasteiger charge is 2.26. The highest BCUT2D eigenvalue weighted by molar-refractivity contribution is 9.10. The molecule has 0 bridgehead atoms. The number of benzene rings is 1. The molecule has 1 aliphatic rings. The van der Waals surface area contributed by atoms with Gasteiger partial charge < -0.3 is 15.7 Å². The lowest BCUT2D eigenvalue weighted by molar-refractivity contribution is 0.0593. The number of urea groups is 1. The first-order valence-electron chi connectivity index (χ1n) is 6.00. The van der Waals surface area contributed by atoms with Crippen molar-refractivity contribution in [2.24, 2.45) is 0 Å². The Kier molecular flexibility index (Phi) is 3.92. The van der Waals surface area contributed by atoms with E-state index in [-0.39, 0.29) is 12.6 Å². The molecule has 5 heteroatoms. The molecule has 1 aromatic rings. The average molecular weight is 313 g/mol. The molecule has 1 fully saturated rings. The lowest BCUT2D eigenvalue weighted by atomic mass is 9.96. The fourth-order valence-corrected chi connectivity index (χ4v) is 1.89. The van der Waals surface area contributed by atoms with Gasteiger partial charge in [-0.15, -0.1) is 0 Å². The van der Waals surface area contributed by atoms with Gasteiger partial charge in [-0.2, -0.15) is 0 Å². The molecule has 0 aliphatic heterocycles. The summed E-state index contributed by atoms with van der Waals surface area (Å²) in [5.74, 6) is 0. The van der Waals surface area contributed by atoms with Crippen LogP contribution in [0.15, 0.2) is 28.7 Å². The van der Waals surface area contributed by atoms with E-state index in [4.69, 9.17) is 0 Å². The first kappa shape index (κ1) is 13.4. The van der Waals surface area contributed by atoms with Gasteiger partial charge >= 0.3 is 6.03 Å². The molecule has 1 atom stereocenters. The van der Waals surface area contributed by atoms with Crippen LogP contribution in [0.5, 0.6) is 0 Å². The minimum Gasteiger partial charge on any atom is -0.384 e. The van der Waals surface area contributed by atoms with Gasteiger partial charge in [-0.1, -0.05) is 28.1 Å². The van der Waals surface area contributed by atoms with E-state index in [9.17, 15) is 9.90 Å². The smallest absolute Gasteiger partial charge is 0.315 e. The van der Waals surface area contributed by atoms with E-state index in [2.05, 4.69) is 26.6 Å². The number of rotatable bonds is 4. The van der Waals surface area contributed by atoms with Crippen LogP contribution in [0.1, 0.15) is 25.3 Å². The summed E-state index contributed by atoms with van der Waals surface area (Å²) in [5.41, 5.74) is -0.292. The summed E-state index contributed by atoms with van der Waals surface area (Å²) in [6.07, 6.45) is 2.10. The van der Waals surface area contributed by atoms with Crippen LogP contribution in [0.2, 0.25) is 0 Å². The van der Waals surface area contributed by atoms with Gasteiger partial charge in [0.1, 0.15) is 5.60 Å². The molecule has 0 saturated heterocycles. The second-order valence-corrected chi connectivity index (χ2v) is 5.80. The number of carbonyl (C=O) groups excluding carboxylic acids is 1. The van der Waals surface area contributed by atoms with Gasteiger partial charge in [-0.05, 0) is 37.5 Å². The van der Waals surface area contributed by atoms with Crippen molar-refractivity contribution in [3.05, 3.63) is 34.3 Å². The Labute approximate surface area is 115 Å². The third-order valence-corrected chi connectivity index (χ3v) is 3.50. The predicted molar refractivity (Wildman–Crippen MR) is 73.3 cm³/mol. The molecule has 1 saturated carbocycles. The van der Waals surface area contributed by atoms with Gasteiger partial charge in [0.25, 0.3) is 0 Å². The molecule has 1 aromatic carbocycles. The normalized spacial score (nSPS) is 17.9. The van der Waals surface area contributed by atoms with Gasteiger partial charge in [0.2, 0.25) is 0 Å². The Hall–Kier alpha value is -1.07. The van der Waals surface area contributed by atoms with Gasteiger partial charge in [0, 0.05) is 10.5 Å². The van der Waals surface area contributed by atoms with E-state index in [0.717, 1.165) is 22.9 Å². The monoisotopic (exact) mass is 312 g/mol. The topological polar surface area (TPSA) is 61.4 Å². The van der Waals surface area contributed by atoms with Crippen LogP contribution in [-0.4, -0.2) is 23.7 Å². The summed E-state index contributed by atoms with van der Waals surface area (Å²) in [6, 6.07) is 7.52. The van der Waals surface area contributed by atoms with E-state index in [1.54, 1.807) is 6.92 Å². The molecular weight excluding hydrogens is 296 g/mol. The maximum atomic E-state index is 11.5. The molecule has 0 spiro atoms. The number of amides is 2. The van der Waals surface area contributed by atoms with Crippen molar-refractivity contribution >= 4 is 22.0 Å².